The van der Waals surface area contributed by atoms with Crippen molar-refractivity contribution in [1.82, 2.24) is 15.5 Å². The monoisotopic (exact) mass is 426 g/mol. The molecule has 1 aromatic rings. The van der Waals surface area contributed by atoms with Crippen molar-refractivity contribution in [2.24, 2.45) is 28.7 Å². The van der Waals surface area contributed by atoms with E-state index in [1.54, 1.807) is 12.1 Å². The van der Waals surface area contributed by atoms with Crippen LogP contribution in [-0.4, -0.2) is 48.9 Å². The minimum absolute atomic E-state index is 0.0203. The van der Waals surface area contributed by atoms with Gasteiger partial charge in [-0.05, 0) is 42.9 Å². The van der Waals surface area contributed by atoms with E-state index >= 15 is 0 Å². The lowest BCUT2D eigenvalue weighted by Crippen LogP contribution is -2.44. The normalized spacial score (nSPS) is 27.2. The van der Waals surface area contributed by atoms with Crippen LogP contribution in [0, 0.1) is 29.5 Å². The molecule has 2 fully saturated rings. The molecule has 4 unspecified atom stereocenters. The molecule has 166 valence electrons. The number of hydrogen-bond donors (Lipinski definition) is 2. The fourth-order valence-corrected chi connectivity index (χ4v) is 5.08. The number of halogens is 1. The largest absolute Gasteiger partial charge is 0.357 e. The number of allylic oxidation sites excluding steroid dienone is 2. The number of aliphatic imine (C=N–C) groups is 1. The van der Waals surface area contributed by atoms with Gasteiger partial charge in [0, 0.05) is 25.0 Å². The Morgan fingerprint density at radius 3 is 2.29 bits per heavy atom. The predicted molar refractivity (Wildman–Crippen MR) is 118 cm³/mol. The van der Waals surface area contributed by atoms with Crippen LogP contribution in [0.5, 0.6) is 0 Å². The molecule has 0 radical (unpaired) electrons. The van der Waals surface area contributed by atoms with E-state index in [4.69, 9.17) is 0 Å². The van der Waals surface area contributed by atoms with E-state index in [2.05, 4.69) is 41.6 Å². The highest BCUT2D eigenvalue weighted by Gasteiger charge is 2.58. The highest BCUT2D eigenvalue weighted by Crippen LogP contribution is 2.52. The van der Waals surface area contributed by atoms with Gasteiger partial charge in [0.05, 0.1) is 18.4 Å². The summed E-state index contributed by atoms with van der Waals surface area (Å²) in [6.45, 7) is 8.11. The Morgan fingerprint density at radius 1 is 1.10 bits per heavy atom. The molecule has 3 aliphatic rings. The van der Waals surface area contributed by atoms with Crippen molar-refractivity contribution in [3.05, 3.63) is 47.8 Å². The summed E-state index contributed by atoms with van der Waals surface area (Å²) in [5.41, 5.74) is 0.747. The highest BCUT2D eigenvalue weighted by molar-refractivity contribution is 6.06. The number of hydrogen-bond acceptors (Lipinski definition) is 3. The standard InChI is InChI=1S/C24H31FN4O2/c1-4-26-23(28-14-24(2,3)17-7-9-18(25)10-8-17)27-11-12-29-21(30)19-15-5-6-16(13-15)20(19)22(29)31/h5-10,15-16,19-20H,4,11-14H2,1-3H3,(H2,26,27,28). The van der Waals surface area contributed by atoms with Crippen LogP contribution < -0.4 is 10.6 Å². The smallest absolute Gasteiger partial charge is 0.233 e. The molecule has 2 bridgehead atoms. The number of amides is 2. The molecule has 1 aromatic carbocycles. The van der Waals surface area contributed by atoms with E-state index in [1.807, 2.05) is 6.92 Å². The predicted octanol–water partition coefficient (Wildman–Crippen LogP) is 2.47. The summed E-state index contributed by atoms with van der Waals surface area (Å²) in [5, 5.41) is 6.45. The molecule has 6 nitrogen and oxygen atoms in total. The van der Waals surface area contributed by atoms with Crippen molar-refractivity contribution in [3.8, 4) is 0 Å². The van der Waals surface area contributed by atoms with Gasteiger partial charge in [-0.2, -0.15) is 0 Å². The van der Waals surface area contributed by atoms with Gasteiger partial charge in [0.25, 0.3) is 0 Å². The number of fused-ring (bicyclic) bond motifs is 5. The Morgan fingerprint density at radius 2 is 1.71 bits per heavy atom. The van der Waals surface area contributed by atoms with E-state index in [1.165, 1.54) is 17.0 Å². The van der Waals surface area contributed by atoms with Crippen molar-refractivity contribution in [1.29, 1.82) is 0 Å². The zero-order valence-corrected chi connectivity index (χ0v) is 18.4. The lowest BCUT2D eigenvalue weighted by molar-refractivity contribution is -0.140. The Hall–Kier alpha value is -2.70. The topological polar surface area (TPSA) is 73.8 Å². The molecule has 1 heterocycles. The second-order valence-electron chi connectivity index (χ2n) is 9.34. The number of carbonyl (C=O) groups excluding carboxylic acids is 2. The number of guanidine groups is 1. The maximum absolute atomic E-state index is 13.2. The first kappa shape index (κ1) is 21.5. The first-order valence-electron chi connectivity index (χ1n) is 11.1. The van der Waals surface area contributed by atoms with Crippen molar-refractivity contribution in [3.63, 3.8) is 0 Å². The first-order chi connectivity index (χ1) is 14.8. The molecule has 1 aliphatic heterocycles. The van der Waals surface area contributed by atoms with E-state index in [0.717, 1.165) is 12.0 Å². The number of likely N-dealkylation sites (tertiary alicyclic amines) is 1. The van der Waals surface area contributed by atoms with Crippen molar-refractivity contribution >= 4 is 17.8 Å². The van der Waals surface area contributed by atoms with Crippen LogP contribution in [0.3, 0.4) is 0 Å². The average Bonchev–Trinajstić information content (AvgIpc) is 3.42. The summed E-state index contributed by atoms with van der Waals surface area (Å²) in [7, 11) is 0. The van der Waals surface area contributed by atoms with Gasteiger partial charge in [-0.1, -0.05) is 38.1 Å². The fourth-order valence-electron chi connectivity index (χ4n) is 5.08. The molecule has 4 atom stereocenters. The Labute approximate surface area is 183 Å². The Bertz CT molecular complexity index is 879. The lowest BCUT2D eigenvalue weighted by atomic mass is 9.85. The zero-order valence-electron chi connectivity index (χ0n) is 18.4. The van der Waals surface area contributed by atoms with E-state index in [9.17, 15) is 14.0 Å². The molecule has 1 saturated heterocycles. The third-order valence-electron chi connectivity index (χ3n) is 6.79. The molecule has 0 spiro atoms. The van der Waals surface area contributed by atoms with Crippen LogP contribution in [0.25, 0.3) is 0 Å². The number of imide groups is 1. The van der Waals surface area contributed by atoms with Crippen molar-refractivity contribution in [2.45, 2.75) is 32.6 Å². The number of nitrogens with one attached hydrogen (secondary N) is 2. The summed E-state index contributed by atoms with van der Waals surface area (Å²) in [4.78, 5) is 31.7. The molecule has 0 aromatic heterocycles. The average molecular weight is 427 g/mol. The van der Waals surface area contributed by atoms with Gasteiger partial charge in [-0.15, -0.1) is 0 Å². The van der Waals surface area contributed by atoms with E-state index in [0.29, 0.717) is 32.1 Å². The van der Waals surface area contributed by atoms with Crippen LogP contribution in [-0.2, 0) is 15.0 Å². The van der Waals surface area contributed by atoms with Gasteiger partial charge in [-0.25, -0.2) is 4.39 Å². The Kier molecular flexibility index (Phi) is 5.86. The van der Waals surface area contributed by atoms with Crippen molar-refractivity contribution in [2.75, 3.05) is 26.2 Å². The second-order valence-corrected chi connectivity index (χ2v) is 9.34. The molecular weight excluding hydrogens is 395 g/mol. The minimum Gasteiger partial charge on any atom is -0.357 e. The summed E-state index contributed by atoms with van der Waals surface area (Å²) in [6.07, 6.45) is 5.16. The quantitative estimate of drug-likeness (QED) is 0.304. The van der Waals surface area contributed by atoms with Crippen LogP contribution in [0.2, 0.25) is 0 Å². The highest BCUT2D eigenvalue weighted by atomic mass is 19.1. The summed E-state index contributed by atoms with van der Waals surface area (Å²) in [5.74, 6) is 0.507. The summed E-state index contributed by atoms with van der Waals surface area (Å²) < 4.78 is 13.2. The molecule has 4 rings (SSSR count). The maximum Gasteiger partial charge on any atom is 0.233 e. The zero-order chi connectivity index (χ0) is 22.2. The van der Waals surface area contributed by atoms with Crippen LogP contribution in [0.4, 0.5) is 4.39 Å². The van der Waals surface area contributed by atoms with E-state index < -0.39 is 0 Å². The summed E-state index contributed by atoms with van der Waals surface area (Å²) in [6, 6.07) is 6.50. The molecule has 31 heavy (non-hydrogen) atoms. The fraction of sp³-hybridized carbons (Fsp3) is 0.542. The van der Waals surface area contributed by atoms with Crippen LogP contribution in [0.15, 0.2) is 41.4 Å². The molecule has 2 aliphatic carbocycles. The number of rotatable bonds is 7. The molecule has 1 saturated carbocycles. The van der Waals surface area contributed by atoms with Gasteiger partial charge < -0.3 is 10.6 Å². The molecular formula is C24H31FN4O2. The lowest BCUT2D eigenvalue weighted by Gasteiger charge is -2.24. The third kappa shape index (κ3) is 4.10. The van der Waals surface area contributed by atoms with Crippen LogP contribution >= 0.6 is 0 Å². The Balaban J connectivity index is 1.34. The molecule has 7 heteroatoms. The maximum atomic E-state index is 13.2. The van der Waals surface area contributed by atoms with Gasteiger partial charge in [0.15, 0.2) is 5.96 Å². The first-order valence-corrected chi connectivity index (χ1v) is 11.1. The van der Waals surface area contributed by atoms with Gasteiger partial charge in [0.1, 0.15) is 5.82 Å². The number of benzene rings is 1. The summed E-state index contributed by atoms with van der Waals surface area (Å²) >= 11 is 0. The number of carbonyl (C=O) groups is 2. The SMILES string of the molecule is CCNC(=NCC(C)(C)c1ccc(F)cc1)NCCN1C(=O)C2C3C=CC(C3)C2C1=O. The van der Waals surface area contributed by atoms with Gasteiger partial charge in [-0.3, -0.25) is 19.5 Å². The minimum atomic E-state index is -0.263. The second kappa shape index (κ2) is 8.44. The number of nitrogens with zero attached hydrogens (tertiary/aromatic N) is 2. The van der Waals surface area contributed by atoms with Gasteiger partial charge >= 0.3 is 0 Å². The van der Waals surface area contributed by atoms with Crippen molar-refractivity contribution < 1.29 is 14.0 Å². The van der Waals surface area contributed by atoms with Crippen LogP contribution in [0.1, 0.15) is 32.8 Å². The molecule has 2 N–H and O–H groups in total. The van der Waals surface area contributed by atoms with E-state index in [-0.39, 0.29) is 46.7 Å². The third-order valence-corrected chi connectivity index (χ3v) is 6.79. The molecule has 2 amide bonds. The van der Waals surface area contributed by atoms with Gasteiger partial charge in [0.2, 0.25) is 11.8 Å².